The Morgan fingerprint density at radius 2 is 1.96 bits per heavy atom. The number of halogens is 2. The Morgan fingerprint density at radius 1 is 1.21 bits per heavy atom. The summed E-state index contributed by atoms with van der Waals surface area (Å²) in [4.78, 5) is 39.4. The van der Waals surface area contributed by atoms with E-state index in [1.54, 1.807) is 12.1 Å². The number of hydrogen-bond acceptors (Lipinski definition) is 3. The smallest absolute Gasteiger partial charge is 0.261 e. The molecule has 2 N–H and O–H groups in total. The number of benzene rings is 1. The van der Waals surface area contributed by atoms with Crippen LogP contribution in [0, 0.1) is 5.92 Å². The van der Waals surface area contributed by atoms with Crippen molar-refractivity contribution in [2.45, 2.75) is 19.8 Å². The Kier molecular flexibility index (Phi) is 4.47. The largest absolute Gasteiger partial charge is 0.325 e. The monoisotopic (exact) mass is 364 g/mol. The fourth-order valence-electron chi connectivity index (χ4n) is 2.77. The van der Waals surface area contributed by atoms with E-state index in [-0.39, 0.29) is 22.3 Å². The summed E-state index contributed by atoms with van der Waals surface area (Å²) in [5.41, 5.74) is 0.675. The van der Waals surface area contributed by atoms with E-state index in [9.17, 15) is 14.4 Å². The summed E-state index contributed by atoms with van der Waals surface area (Å²) in [6.07, 6.45) is 1.02. The number of aromatic amines is 1. The fraction of sp³-hybridized carbons (Fsp3) is 0.235. The van der Waals surface area contributed by atoms with Crippen molar-refractivity contribution in [2.24, 2.45) is 5.92 Å². The minimum atomic E-state index is -0.630. The maximum Gasteiger partial charge on any atom is 0.261 e. The van der Waals surface area contributed by atoms with Crippen molar-refractivity contribution in [1.29, 1.82) is 0 Å². The van der Waals surface area contributed by atoms with E-state index in [4.69, 9.17) is 23.2 Å². The number of amides is 1. The molecule has 0 fully saturated rings. The van der Waals surface area contributed by atoms with Gasteiger partial charge in [-0.15, -0.1) is 0 Å². The van der Waals surface area contributed by atoms with Gasteiger partial charge in [0.15, 0.2) is 5.78 Å². The van der Waals surface area contributed by atoms with Gasteiger partial charge < -0.3 is 10.3 Å². The molecule has 1 heterocycles. The van der Waals surface area contributed by atoms with E-state index in [0.29, 0.717) is 34.8 Å². The van der Waals surface area contributed by atoms with Crippen molar-refractivity contribution in [2.75, 3.05) is 5.32 Å². The summed E-state index contributed by atoms with van der Waals surface area (Å²) >= 11 is 11.8. The second-order valence-corrected chi connectivity index (χ2v) is 6.76. The minimum absolute atomic E-state index is 0.0708. The normalized spacial score (nSPS) is 16.6. The molecule has 0 bridgehead atoms. The van der Waals surface area contributed by atoms with Crippen LogP contribution in [-0.2, 0) is 6.42 Å². The number of H-pyrrole nitrogens is 1. The molecule has 1 aromatic heterocycles. The van der Waals surface area contributed by atoms with E-state index in [2.05, 4.69) is 10.3 Å². The van der Waals surface area contributed by atoms with Crippen molar-refractivity contribution in [3.8, 4) is 0 Å². The Balaban J connectivity index is 1.95. The highest BCUT2D eigenvalue weighted by molar-refractivity contribution is 6.36. The molecule has 0 saturated carbocycles. The molecule has 0 unspecified atom stereocenters. The average molecular weight is 365 g/mol. The molecule has 1 atom stereocenters. The van der Waals surface area contributed by atoms with Crippen LogP contribution in [0.25, 0.3) is 0 Å². The molecular formula is C17H14Cl2N2O3. The van der Waals surface area contributed by atoms with Gasteiger partial charge in [0.25, 0.3) is 11.5 Å². The molecule has 1 aliphatic rings. The van der Waals surface area contributed by atoms with Gasteiger partial charge >= 0.3 is 0 Å². The highest BCUT2D eigenvalue weighted by Crippen LogP contribution is 2.26. The quantitative estimate of drug-likeness (QED) is 0.852. The molecule has 0 radical (unpaired) electrons. The van der Waals surface area contributed by atoms with Gasteiger partial charge in [-0.1, -0.05) is 30.1 Å². The molecule has 7 heteroatoms. The minimum Gasteiger partial charge on any atom is -0.325 e. The Hall–Kier alpha value is -2.11. The van der Waals surface area contributed by atoms with Gasteiger partial charge in [0.1, 0.15) is 5.56 Å². The first-order valence-electron chi connectivity index (χ1n) is 7.41. The van der Waals surface area contributed by atoms with Gasteiger partial charge in [-0.3, -0.25) is 14.4 Å². The summed E-state index contributed by atoms with van der Waals surface area (Å²) in [6.45, 7) is 1.95. The van der Waals surface area contributed by atoms with Crippen molar-refractivity contribution in [1.82, 2.24) is 4.98 Å². The fourth-order valence-corrected chi connectivity index (χ4v) is 3.23. The zero-order valence-corrected chi connectivity index (χ0v) is 14.3. The number of nitrogens with one attached hydrogen (secondary N) is 2. The van der Waals surface area contributed by atoms with Gasteiger partial charge in [0.2, 0.25) is 0 Å². The number of anilines is 1. The summed E-state index contributed by atoms with van der Waals surface area (Å²) in [7, 11) is 0. The average Bonchev–Trinajstić information content (AvgIpc) is 2.49. The number of pyridine rings is 1. The van der Waals surface area contributed by atoms with Crippen LogP contribution in [-0.4, -0.2) is 16.7 Å². The summed E-state index contributed by atoms with van der Waals surface area (Å²) < 4.78 is 0. The van der Waals surface area contributed by atoms with Crippen molar-refractivity contribution in [3.05, 3.63) is 61.5 Å². The first-order valence-corrected chi connectivity index (χ1v) is 8.16. The molecule has 124 valence electrons. The second kappa shape index (κ2) is 6.42. The lowest BCUT2D eigenvalue weighted by molar-refractivity contribution is 0.0952. The third-order valence-electron chi connectivity index (χ3n) is 3.93. The van der Waals surface area contributed by atoms with Crippen molar-refractivity contribution >= 4 is 40.6 Å². The first kappa shape index (κ1) is 16.7. The zero-order valence-electron chi connectivity index (χ0n) is 12.8. The topological polar surface area (TPSA) is 79.0 Å². The van der Waals surface area contributed by atoms with Crippen LogP contribution >= 0.6 is 23.2 Å². The van der Waals surface area contributed by atoms with Gasteiger partial charge in [-0.25, -0.2) is 0 Å². The second-order valence-electron chi connectivity index (χ2n) is 5.92. The van der Waals surface area contributed by atoms with Crippen LogP contribution in [0.5, 0.6) is 0 Å². The van der Waals surface area contributed by atoms with E-state index in [0.717, 1.165) is 0 Å². The van der Waals surface area contributed by atoms with Gasteiger partial charge in [0, 0.05) is 22.7 Å². The van der Waals surface area contributed by atoms with Crippen LogP contribution in [0.2, 0.25) is 10.0 Å². The van der Waals surface area contributed by atoms with Crippen molar-refractivity contribution in [3.63, 3.8) is 0 Å². The Bertz CT molecular complexity index is 905. The van der Waals surface area contributed by atoms with Crippen LogP contribution < -0.4 is 10.9 Å². The Morgan fingerprint density at radius 3 is 2.67 bits per heavy atom. The number of fused-ring (bicyclic) bond motifs is 1. The lowest BCUT2D eigenvalue weighted by Gasteiger charge is -2.20. The first-order chi connectivity index (χ1) is 11.3. The number of aromatic nitrogens is 1. The lowest BCUT2D eigenvalue weighted by atomic mass is 9.86. The van der Waals surface area contributed by atoms with Gasteiger partial charge in [0.05, 0.1) is 10.7 Å². The lowest BCUT2D eigenvalue weighted by Crippen LogP contribution is -2.29. The van der Waals surface area contributed by atoms with E-state index >= 15 is 0 Å². The third kappa shape index (κ3) is 3.23. The molecular weight excluding hydrogens is 351 g/mol. The molecule has 0 spiro atoms. The molecule has 1 aliphatic carbocycles. The number of rotatable bonds is 2. The summed E-state index contributed by atoms with van der Waals surface area (Å²) in [6, 6.07) is 5.97. The maximum atomic E-state index is 12.4. The highest BCUT2D eigenvalue weighted by atomic mass is 35.5. The molecule has 3 rings (SSSR count). The van der Waals surface area contributed by atoms with E-state index in [1.807, 2.05) is 6.92 Å². The number of Topliss-reactive ketones (excluding diaryl/α,β-unsaturated/α-hetero) is 1. The van der Waals surface area contributed by atoms with E-state index < -0.39 is 11.5 Å². The third-order valence-corrected chi connectivity index (χ3v) is 4.48. The maximum absolute atomic E-state index is 12.4. The van der Waals surface area contributed by atoms with Gasteiger partial charge in [-0.05, 0) is 36.6 Å². The van der Waals surface area contributed by atoms with Crippen molar-refractivity contribution < 1.29 is 9.59 Å². The molecule has 1 aromatic carbocycles. The number of hydrogen-bond donors (Lipinski definition) is 2. The standard InChI is InChI=1S/C17H14Cl2N2O3/c1-8-4-14-10(15(22)5-8)7-11(17(24)21-14)16(23)20-13-3-2-9(18)6-12(13)19/h2-3,6-8H,4-5H2,1H3,(H,20,23)(H,21,24)/t8-/m1/s1. The molecule has 0 saturated heterocycles. The Labute approximate surface area is 148 Å². The van der Waals surface area contributed by atoms with E-state index in [1.165, 1.54) is 12.1 Å². The summed E-state index contributed by atoms with van der Waals surface area (Å²) in [5.74, 6) is -0.526. The zero-order chi connectivity index (χ0) is 17.4. The number of ketones is 1. The van der Waals surface area contributed by atoms with Crippen LogP contribution in [0.1, 0.15) is 39.8 Å². The predicted molar refractivity (Wildman–Crippen MR) is 93.3 cm³/mol. The molecule has 1 amide bonds. The van der Waals surface area contributed by atoms with Crippen LogP contribution in [0.15, 0.2) is 29.1 Å². The van der Waals surface area contributed by atoms with Crippen LogP contribution in [0.3, 0.4) is 0 Å². The molecule has 24 heavy (non-hydrogen) atoms. The molecule has 2 aromatic rings. The number of carbonyl (C=O) groups excluding carboxylic acids is 2. The molecule has 0 aliphatic heterocycles. The predicted octanol–water partition coefficient (Wildman–Crippen LogP) is 3.70. The van der Waals surface area contributed by atoms with Crippen LogP contribution in [0.4, 0.5) is 5.69 Å². The highest BCUT2D eigenvalue weighted by Gasteiger charge is 2.25. The SMILES string of the molecule is C[C@H]1CC(=O)c2cc(C(=O)Nc3ccc(Cl)cc3Cl)c(=O)[nH]c2C1. The summed E-state index contributed by atoms with van der Waals surface area (Å²) in [5, 5.41) is 3.26. The number of carbonyl (C=O) groups is 2. The molecule has 5 nitrogen and oxygen atoms in total. The van der Waals surface area contributed by atoms with Gasteiger partial charge in [-0.2, -0.15) is 0 Å².